The molecule has 29 heavy (non-hydrogen) atoms. The highest BCUT2D eigenvalue weighted by Crippen LogP contribution is 2.32. The zero-order valence-corrected chi connectivity index (χ0v) is 14.7. The SMILES string of the molecule is O=C(OCc1nccn1C(F)F)c1ccccc1Nc1cccc(C(F)(F)F)c1. The van der Waals surface area contributed by atoms with Crippen LogP contribution >= 0.6 is 0 Å². The normalized spacial score (nSPS) is 11.5. The van der Waals surface area contributed by atoms with Gasteiger partial charge in [-0.1, -0.05) is 18.2 Å². The molecule has 0 amide bonds. The number of nitrogens with one attached hydrogen (secondary N) is 1. The third-order valence-electron chi connectivity index (χ3n) is 3.91. The molecule has 0 unspecified atom stereocenters. The first-order chi connectivity index (χ1) is 13.8. The fourth-order valence-corrected chi connectivity index (χ4v) is 2.54. The number of halogens is 5. The summed E-state index contributed by atoms with van der Waals surface area (Å²) in [5.74, 6) is -0.986. The van der Waals surface area contributed by atoms with Gasteiger partial charge < -0.3 is 10.1 Å². The van der Waals surface area contributed by atoms with Crippen molar-refractivity contribution in [3.05, 3.63) is 77.9 Å². The highest BCUT2D eigenvalue weighted by Gasteiger charge is 2.30. The Morgan fingerprint density at radius 3 is 2.62 bits per heavy atom. The minimum atomic E-state index is -4.51. The summed E-state index contributed by atoms with van der Waals surface area (Å²) >= 11 is 0. The van der Waals surface area contributed by atoms with Crippen molar-refractivity contribution in [1.29, 1.82) is 0 Å². The van der Waals surface area contributed by atoms with Crippen molar-refractivity contribution >= 4 is 17.3 Å². The molecule has 0 atom stereocenters. The van der Waals surface area contributed by atoms with Gasteiger partial charge in [0, 0.05) is 18.1 Å². The Bertz CT molecular complexity index is 1000. The van der Waals surface area contributed by atoms with Gasteiger partial charge in [-0.25, -0.2) is 9.78 Å². The van der Waals surface area contributed by atoms with E-state index >= 15 is 0 Å². The number of anilines is 2. The molecular weight excluding hydrogens is 397 g/mol. The molecule has 0 aliphatic rings. The third-order valence-corrected chi connectivity index (χ3v) is 3.91. The van der Waals surface area contributed by atoms with Crippen molar-refractivity contribution in [2.45, 2.75) is 19.3 Å². The maximum Gasteiger partial charge on any atom is 0.416 e. The van der Waals surface area contributed by atoms with Gasteiger partial charge in [-0.2, -0.15) is 22.0 Å². The number of carbonyl (C=O) groups is 1. The monoisotopic (exact) mass is 411 g/mol. The van der Waals surface area contributed by atoms with Crippen molar-refractivity contribution in [2.24, 2.45) is 0 Å². The number of ether oxygens (including phenoxy) is 1. The zero-order valence-electron chi connectivity index (χ0n) is 14.7. The molecule has 3 aromatic rings. The summed E-state index contributed by atoms with van der Waals surface area (Å²) in [4.78, 5) is 16.1. The second-order valence-electron chi connectivity index (χ2n) is 5.85. The van der Waals surface area contributed by atoms with E-state index in [0.29, 0.717) is 4.57 Å². The number of aromatic nitrogens is 2. The summed E-state index contributed by atoms with van der Waals surface area (Å²) in [6.45, 7) is -3.32. The number of imidazole rings is 1. The van der Waals surface area contributed by atoms with Gasteiger partial charge in [0.1, 0.15) is 6.61 Å². The fraction of sp³-hybridized carbons (Fsp3) is 0.158. The van der Waals surface area contributed by atoms with Crippen LogP contribution < -0.4 is 5.32 Å². The molecule has 0 spiro atoms. The second-order valence-corrected chi connectivity index (χ2v) is 5.85. The molecule has 1 aromatic heterocycles. The van der Waals surface area contributed by atoms with Crippen LogP contribution in [0.1, 0.15) is 28.3 Å². The van der Waals surface area contributed by atoms with Gasteiger partial charge in [-0.05, 0) is 30.3 Å². The van der Waals surface area contributed by atoms with Crippen LogP contribution in [0.5, 0.6) is 0 Å². The second kappa shape index (κ2) is 8.29. The Labute approximate surface area is 161 Å². The Balaban J connectivity index is 1.77. The van der Waals surface area contributed by atoms with E-state index in [0.717, 1.165) is 24.5 Å². The first kappa shape index (κ1) is 20.3. The van der Waals surface area contributed by atoms with Crippen molar-refractivity contribution in [3.63, 3.8) is 0 Å². The summed E-state index contributed by atoms with van der Waals surface area (Å²) in [6.07, 6.45) is -2.31. The number of benzene rings is 2. The van der Waals surface area contributed by atoms with Crippen molar-refractivity contribution in [2.75, 3.05) is 5.32 Å². The maximum atomic E-state index is 12.9. The first-order valence-corrected chi connectivity index (χ1v) is 8.26. The molecule has 0 aliphatic carbocycles. The van der Waals surface area contributed by atoms with E-state index < -0.39 is 30.9 Å². The van der Waals surface area contributed by atoms with Crippen LogP contribution in [0, 0.1) is 0 Å². The number of alkyl halides is 5. The third kappa shape index (κ3) is 4.89. The Morgan fingerprint density at radius 1 is 1.14 bits per heavy atom. The van der Waals surface area contributed by atoms with E-state index in [-0.39, 0.29) is 22.8 Å². The van der Waals surface area contributed by atoms with Crippen molar-refractivity contribution in [3.8, 4) is 0 Å². The predicted molar refractivity (Wildman–Crippen MR) is 93.8 cm³/mol. The van der Waals surface area contributed by atoms with Crippen LogP contribution in [0.3, 0.4) is 0 Å². The largest absolute Gasteiger partial charge is 0.454 e. The molecular formula is C19H14F5N3O2. The van der Waals surface area contributed by atoms with Gasteiger partial charge in [0.15, 0.2) is 5.82 Å². The standard InChI is InChI=1S/C19H14F5N3O2/c20-18(21)27-9-8-25-16(27)11-29-17(28)14-6-1-2-7-15(14)26-13-5-3-4-12(10-13)19(22,23)24/h1-10,18,26H,11H2. The number of nitrogens with zero attached hydrogens (tertiary/aromatic N) is 2. The molecule has 0 bridgehead atoms. The topological polar surface area (TPSA) is 56.1 Å². The van der Waals surface area contributed by atoms with Gasteiger partial charge in [0.05, 0.1) is 16.8 Å². The van der Waals surface area contributed by atoms with Gasteiger partial charge in [0.25, 0.3) is 0 Å². The lowest BCUT2D eigenvalue weighted by atomic mass is 10.1. The molecule has 0 saturated heterocycles. The van der Waals surface area contributed by atoms with E-state index in [1.54, 1.807) is 6.07 Å². The summed E-state index contributed by atoms with van der Waals surface area (Å²) in [7, 11) is 0. The molecule has 1 heterocycles. The van der Waals surface area contributed by atoms with E-state index in [2.05, 4.69) is 10.3 Å². The van der Waals surface area contributed by atoms with Gasteiger partial charge in [-0.15, -0.1) is 0 Å². The Morgan fingerprint density at radius 2 is 1.90 bits per heavy atom. The average molecular weight is 411 g/mol. The van der Waals surface area contributed by atoms with Crippen LogP contribution in [-0.2, 0) is 17.5 Å². The van der Waals surface area contributed by atoms with Gasteiger partial charge >= 0.3 is 18.7 Å². The first-order valence-electron chi connectivity index (χ1n) is 8.26. The smallest absolute Gasteiger partial charge is 0.416 e. The van der Waals surface area contributed by atoms with Crippen molar-refractivity contribution in [1.82, 2.24) is 9.55 Å². The molecule has 1 N–H and O–H groups in total. The van der Waals surface area contributed by atoms with E-state index in [1.165, 1.54) is 30.3 Å². The number of hydrogen-bond donors (Lipinski definition) is 1. The number of rotatable bonds is 6. The van der Waals surface area contributed by atoms with E-state index in [4.69, 9.17) is 4.74 Å². The minimum absolute atomic E-state index is 0.0278. The van der Waals surface area contributed by atoms with Crippen LogP contribution in [-0.4, -0.2) is 15.5 Å². The lowest BCUT2D eigenvalue weighted by Crippen LogP contribution is -2.12. The molecule has 0 radical (unpaired) electrons. The lowest BCUT2D eigenvalue weighted by Gasteiger charge is -2.14. The van der Waals surface area contributed by atoms with Crippen LogP contribution in [0.2, 0.25) is 0 Å². The summed E-state index contributed by atoms with van der Waals surface area (Å²) in [6, 6.07) is 10.5. The highest BCUT2D eigenvalue weighted by molar-refractivity contribution is 5.96. The van der Waals surface area contributed by atoms with Crippen LogP contribution in [0.15, 0.2) is 60.9 Å². The highest BCUT2D eigenvalue weighted by atomic mass is 19.4. The molecule has 0 aliphatic heterocycles. The van der Waals surface area contributed by atoms with E-state index in [1.807, 2.05) is 0 Å². The Kier molecular flexibility index (Phi) is 5.81. The molecule has 5 nitrogen and oxygen atoms in total. The molecule has 0 saturated carbocycles. The number of para-hydroxylation sites is 1. The molecule has 152 valence electrons. The fourth-order valence-electron chi connectivity index (χ4n) is 2.54. The molecule has 2 aromatic carbocycles. The molecule has 3 rings (SSSR count). The molecule has 0 fully saturated rings. The maximum absolute atomic E-state index is 12.9. The zero-order chi connectivity index (χ0) is 21.0. The van der Waals surface area contributed by atoms with Crippen LogP contribution in [0.4, 0.5) is 33.3 Å². The number of esters is 1. The van der Waals surface area contributed by atoms with Gasteiger partial charge in [0.2, 0.25) is 0 Å². The van der Waals surface area contributed by atoms with Gasteiger partial charge in [-0.3, -0.25) is 4.57 Å². The summed E-state index contributed by atoms with van der Waals surface area (Å²) in [5, 5.41) is 2.75. The summed E-state index contributed by atoms with van der Waals surface area (Å²) < 4.78 is 69.9. The quantitative estimate of drug-likeness (QED) is 0.436. The van der Waals surface area contributed by atoms with E-state index in [9.17, 15) is 26.7 Å². The lowest BCUT2D eigenvalue weighted by molar-refractivity contribution is -0.137. The van der Waals surface area contributed by atoms with Crippen LogP contribution in [0.25, 0.3) is 0 Å². The molecule has 10 heteroatoms. The number of carbonyl (C=O) groups excluding carboxylic acids is 1. The van der Waals surface area contributed by atoms with Crippen molar-refractivity contribution < 1.29 is 31.5 Å². The predicted octanol–water partition coefficient (Wildman–Crippen LogP) is 5.40. The average Bonchev–Trinajstić information content (AvgIpc) is 3.15. The minimum Gasteiger partial charge on any atom is -0.454 e. The number of hydrogen-bond acceptors (Lipinski definition) is 4. The Hall–Kier alpha value is -3.43. The summed E-state index contributed by atoms with van der Waals surface area (Å²) in [5.41, 5.74) is -0.496.